The molecule has 0 heterocycles. The summed E-state index contributed by atoms with van der Waals surface area (Å²) in [5.41, 5.74) is 9.92. The molecule has 2 nitrogen and oxygen atoms in total. The third kappa shape index (κ3) is 11.6. The van der Waals surface area contributed by atoms with E-state index >= 15 is 0 Å². The molecule has 0 bridgehead atoms. The first-order valence-corrected chi connectivity index (χ1v) is 12.5. The van der Waals surface area contributed by atoms with Gasteiger partial charge in [0.15, 0.2) is 0 Å². The fourth-order valence-corrected chi connectivity index (χ4v) is 4.26. The Kier molecular flexibility index (Phi) is 25.0. The quantitative estimate of drug-likeness (QED) is 0.244. The van der Waals surface area contributed by atoms with Gasteiger partial charge in [-0.1, -0.05) is 37.3 Å². The largest absolute Gasteiger partial charge is 6.00 e. The van der Waals surface area contributed by atoms with Crippen LogP contribution >= 0.6 is 0 Å². The molecular weight excluding hydrogens is 732 g/mol. The molecule has 1 fully saturated rings. The van der Waals surface area contributed by atoms with E-state index in [-0.39, 0.29) is 76.4 Å². The second-order valence-electron chi connectivity index (χ2n) is 9.99. The van der Waals surface area contributed by atoms with Crippen LogP contribution in [0.5, 0.6) is 0 Å². The Morgan fingerprint density at radius 3 is 0.947 bits per heavy atom. The van der Waals surface area contributed by atoms with Gasteiger partial charge in [0.25, 0.3) is 0 Å². The van der Waals surface area contributed by atoms with Crippen molar-refractivity contribution in [2.24, 2.45) is 0 Å². The summed E-state index contributed by atoms with van der Waals surface area (Å²) in [6.45, 7) is 28.8. The zero-order valence-corrected chi connectivity index (χ0v) is 30.9. The molecular formula is C33H50O2Ru3+7. The summed E-state index contributed by atoms with van der Waals surface area (Å²) < 4.78 is 0. The maximum absolute atomic E-state index is 8.79. The average Bonchev–Trinajstić information content (AvgIpc) is 2.87. The smallest absolute Gasteiger partial charge is 0.708 e. The molecule has 1 aliphatic rings. The molecule has 3 rings (SSSR count). The first-order valence-electron chi connectivity index (χ1n) is 12.5. The maximum atomic E-state index is 8.79. The molecule has 1 atom stereocenters. The normalized spacial score (nSPS) is 15.7. The number of rotatable bonds is 2. The summed E-state index contributed by atoms with van der Waals surface area (Å²) in [6, 6.07) is 10.0. The van der Waals surface area contributed by atoms with Crippen LogP contribution in [0.3, 0.4) is 0 Å². The average molecular weight is 782 g/mol. The molecule has 38 heavy (non-hydrogen) atoms. The summed E-state index contributed by atoms with van der Waals surface area (Å²) in [5, 5.41) is 8.79. The van der Waals surface area contributed by atoms with Crippen LogP contribution in [0.15, 0.2) is 30.3 Å². The van der Waals surface area contributed by atoms with E-state index in [0.29, 0.717) is 0 Å². The van der Waals surface area contributed by atoms with E-state index in [9.17, 15) is 0 Å². The Bertz CT molecular complexity index is 737. The SMILES string of the molecule is CC(CO)c1ccccc1.C[C-]1[C-](C)[C-](C)[C-](C)[C-](C)[C-]1C.Cc1c(C)c(C)c(C)c(C)c1C.O.[Ru+6].[Ru+6].[Ru+]. The number of aliphatic hydroxyl groups is 1. The van der Waals surface area contributed by atoms with Crippen LogP contribution in [-0.2, 0) is 58.4 Å². The van der Waals surface area contributed by atoms with E-state index in [1.165, 1.54) is 74.5 Å². The third-order valence-electron chi connectivity index (χ3n) is 8.39. The van der Waals surface area contributed by atoms with Gasteiger partial charge in [-0.2, -0.15) is 0 Å². The summed E-state index contributed by atoms with van der Waals surface area (Å²) >= 11 is 0. The summed E-state index contributed by atoms with van der Waals surface area (Å²) in [6.07, 6.45) is 0. The predicted octanol–water partition coefficient (Wildman–Crippen LogP) is 8.05. The van der Waals surface area contributed by atoms with E-state index in [2.05, 4.69) is 83.1 Å². The topological polar surface area (TPSA) is 51.7 Å². The molecule has 2 aromatic rings. The molecule has 1 saturated carbocycles. The number of hydrogen-bond acceptors (Lipinski definition) is 1. The predicted molar refractivity (Wildman–Crippen MR) is 154 cm³/mol. The summed E-state index contributed by atoms with van der Waals surface area (Å²) in [5.74, 6) is 8.99. The molecule has 1 unspecified atom stereocenters. The first-order chi connectivity index (χ1) is 15.8. The van der Waals surface area contributed by atoms with Crippen LogP contribution in [0, 0.1) is 77.0 Å². The zero-order chi connectivity index (χ0) is 26.3. The molecule has 0 aromatic heterocycles. The van der Waals surface area contributed by atoms with Gasteiger partial charge in [0.1, 0.15) is 0 Å². The molecule has 0 saturated heterocycles. The van der Waals surface area contributed by atoms with Gasteiger partial charge < -0.3 is 46.1 Å². The van der Waals surface area contributed by atoms with Gasteiger partial charge in [-0.15, -0.1) is 0 Å². The first kappa shape index (κ1) is 45.2. The van der Waals surface area contributed by atoms with Crippen molar-refractivity contribution in [2.75, 3.05) is 6.61 Å². The molecule has 211 valence electrons. The van der Waals surface area contributed by atoms with Gasteiger partial charge >= 0.3 is 58.4 Å². The second-order valence-corrected chi connectivity index (χ2v) is 9.99. The molecule has 0 aliphatic heterocycles. The van der Waals surface area contributed by atoms with Crippen molar-refractivity contribution < 1.29 is 69.0 Å². The fraction of sp³-hybridized carbons (Fsp3) is 0.455. The van der Waals surface area contributed by atoms with Crippen molar-refractivity contribution >= 4 is 0 Å². The third-order valence-corrected chi connectivity index (χ3v) is 8.39. The van der Waals surface area contributed by atoms with Crippen LogP contribution in [-0.4, -0.2) is 17.2 Å². The summed E-state index contributed by atoms with van der Waals surface area (Å²) in [4.78, 5) is 0. The van der Waals surface area contributed by atoms with Crippen molar-refractivity contribution in [1.82, 2.24) is 0 Å². The minimum Gasteiger partial charge on any atom is -0.708 e. The zero-order valence-electron chi connectivity index (χ0n) is 25.7. The molecule has 5 heteroatoms. The Hall–Kier alpha value is 0.230. The van der Waals surface area contributed by atoms with Gasteiger partial charge in [0.2, 0.25) is 0 Å². The van der Waals surface area contributed by atoms with Crippen molar-refractivity contribution in [1.29, 1.82) is 0 Å². The molecule has 1 radical (unpaired) electrons. The Balaban J connectivity index is -0.000000218. The van der Waals surface area contributed by atoms with E-state index in [1.54, 1.807) is 0 Å². The monoisotopic (exact) mass is 784 g/mol. The van der Waals surface area contributed by atoms with E-state index in [4.69, 9.17) is 5.11 Å². The van der Waals surface area contributed by atoms with E-state index in [0.717, 1.165) is 0 Å². The summed E-state index contributed by atoms with van der Waals surface area (Å²) in [7, 11) is 0. The standard InChI is InChI=1S/2C12H18.C9H12O.H2O.3Ru/c2*1-7-8(2)10(4)12(6)11(5)9(7)3;1-8(7-10)9-5-3-2-4-6-9;;;;/h2*1-6H3;2-6,8,10H,7H2,1H3;1H2;;;/q;-6;;;+1;2*+6. The number of hydrogen-bond donors (Lipinski definition) is 1. The maximum Gasteiger partial charge on any atom is 6.00 e. The van der Waals surface area contributed by atoms with Crippen LogP contribution in [0.4, 0.5) is 0 Å². The Morgan fingerprint density at radius 2 is 0.763 bits per heavy atom. The second kappa shape index (κ2) is 21.0. The molecule has 0 spiro atoms. The molecule has 1 aliphatic carbocycles. The Labute approximate surface area is 274 Å². The van der Waals surface area contributed by atoms with E-state index in [1.807, 2.05) is 37.3 Å². The van der Waals surface area contributed by atoms with Gasteiger partial charge in [-0.05, 0) is 80.5 Å². The molecule has 2 aromatic carbocycles. The number of benzene rings is 2. The van der Waals surface area contributed by atoms with Crippen molar-refractivity contribution in [2.45, 2.75) is 95.9 Å². The fourth-order valence-electron chi connectivity index (χ4n) is 4.26. The minimum atomic E-state index is 0. The van der Waals surface area contributed by atoms with Crippen molar-refractivity contribution in [3.05, 3.63) is 105 Å². The minimum absolute atomic E-state index is 0. The number of aliphatic hydroxyl groups excluding tert-OH is 1. The van der Waals surface area contributed by atoms with Crippen LogP contribution in [0.25, 0.3) is 0 Å². The van der Waals surface area contributed by atoms with Gasteiger partial charge in [0, 0.05) is 12.5 Å². The van der Waals surface area contributed by atoms with Crippen LogP contribution < -0.4 is 0 Å². The van der Waals surface area contributed by atoms with Gasteiger partial charge in [-0.25, -0.2) is 41.5 Å². The van der Waals surface area contributed by atoms with Crippen LogP contribution in [0.2, 0.25) is 0 Å². The van der Waals surface area contributed by atoms with Crippen LogP contribution in [0.1, 0.15) is 93.3 Å². The molecule has 3 N–H and O–H groups in total. The Morgan fingerprint density at radius 1 is 0.553 bits per heavy atom. The van der Waals surface area contributed by atoms with Gasteiger partial charge in [0.05, 0.1) is 0 Å². The molecule has 0 amide bonds. The van der Waals surface area contributed by atoms with E-state index < -0.39 is 0 Å². The van der Waals surface area contributed by atoms with Crippen molar-refractivity contribution in [3.63, 3.8) is 0 Å². The van der Waals surface area contributed by atoms with Gasteiger partial charge in [-0.3, -0.25) is 0 Å². The van der Waals surface area contributed by atoms with Crippen molar-refractivity contribution in [3.8, 4) is 0 Å².